The van der Waals surface area contributed by atoms with Crippen molar-refractivity contribution in [1.29, 1.82) is 0 Å². The maximum absolute atomic E-state index is 10.3. The van der Waals surface area contributed by atoms with Gasteiger partial charge in [0.2, 0.25) is 0 Å². The Morgan fingerprint density at radius 1 is 1.71 bits per heavy atom. The van der Waals surface area contributed by atoms with E-state index in [0.29, 0.717) is 12.6 Å². The average molecular weight is 199 g/mol. The van der Waals surface area contributed by atoms with E-state index in [1.807, 2.05) is 0 Å². The molecule has 0 aromatic rings. The molecule has 0 aromatic heterocycles. The van der Waals surface area contributed by atoms with Crippen LogP contribution in [0, 0.1) is 0 Å². The van der Waals surface area contributed by atoms with Crippen LogP contribution >= 0.6 is 0 Å². The van der Waals surface area contributed by atoms with E-state index in [4.69, 9.17) is 9.84 Å². The van der Waals surface area contributed by atoms with Crippen LogP contribution in [0.25, 0.3) is 0 Å². The van der Waals surface area contributed by atoms with Crippen molar-refractivity contribution in [2.75, 3.05) is 19.7 Å². The molecule has 0 radical (unpaired) electrons. The second-order valence-corrected chi connectivity index (χ2v) is 3.59. The van der Waals surface area contributed by atoms with Crippen molar-refractivity contribution in [2.24, 2.45) is 0 Å². The summed E-state index contributed by atoms with van der Waals surface area (Å²) in [7, 11) is 0. The number of hydrogen-bond acceptors (Lipinski definition) is 3. The van der Waals surface area contributed by atoms with Crippen LogP contribution < -0.4 is 5.32 Å². The topological polar surface area (TPSA) is 58.6 Å². The van der Waals surface area contributed by atoms with E-state index in [0.717, 1.165) is 31.6 Å². The third-order valence-electron chi connectivity index (χ3n) is 2.17. The number of carbonyl (C=O) groups is 1. The molecule has 0 spiro atoms. The summed E-state index contributed by atoms with van der Waals surface area (Å²) < 4.78 is 5.42. The minimum Gasteiger partial charge on any atom is -0.478 e. The maximum atomic E-state index is 10.3. The highest BCUT2D eigenvalue weighted by molar-refractivity contribution is 5.80. The lowest BCUT2D eigenvalue weighted by Gasteiger charge is -2.10. The summed E-state index contributed by atoms with van der Waals surface area (Å²) in [6, 6.07) is 0. The lowest BCUT2D eigenvalue weighted by Crippen LogP contribution is -2.27. The number of carboxylic acids is 1. The second kappa shape index (κ2) is 5.78. The molecule has 0 bridgehead atoms. The Morgan fingerprint density at radius 2 is 2.50 bits per heavy atom. The molecule has 2 N–H and O–H groups in total. The van der Waals surface area contributed by atoms with Crippen molar-refractivity contribution >= 4 is 5.97 Å². The number of carboxylic acid groups (broad SMARTS) is 1. The molecule has 0 aromatic carbocycles. The Balaban J connectivity index is 2.11. The molecule has 1 rings (SSSR count). The quantitative estimate of drug-likeness (QED) is 0.643. The highest BCUT2D eigenvalue weighted by Gasteiger charge is 2.14. The van der Waals surface area contributed by atoms with Crippen molar-refractivity contribution in [3.05, 3.63) is 11.6 Å². The van der Waals surface area contributed by atoms with E-state index in [2.05, 4.69) is 5.32 Å². The molecule has 0 saturated carbocycles. The Labute approximate surface area is 83.9 Å². The Morgan fingerprint density at radius 3 is 3.07 bits per heavy atom. The van der Waals surface area contributed by atoms with Crippen LogP contribution in [-0.2, 0) is 9.53 Å². The van der Waals surface area contributed by atoms with Gasteiger partial charge in [-0.3, -0.25) is 0 Å². The maximum Gasteiger partial charge on any atom is 0.328 e. The number of hydrogen-bond donors (Lipinski definition) is 2. The molecule has 14 heavy (non-hydrogen) atoms. The molecule has 1 heterocycles. The number of nitrogens with one attached hydrogen (secondary N) is 1. The zero-order valence-corrected chi connectivity index (χ0v) is 8.45. The van der Waals surface area contributed by atoms with E-state index >= 15 is 0 Å². The summed E-state index contributed by atoms with van der Waals surface area (Å²) >= 11 is 0. The van der Waals surface area contributed by atoms with Gasteiger partial charge in [-0.1, -0.05) is 5.57 Å². The molecule has 1 atom stereocenters. The molecule has 4 nitrogen and oxygen atoms in total. The van der Waals surface area contributed by atoms with Gasteiger partial charge in [0.25, 0.3) is 0 Å². The molecule has 1 saturated heterocycles. The first-order valence-corrected chi connectivity index (χ1v) is 4.91. The third-order valence-corrected chi connectivity index (χ3v) is 2.17. The summed E-state index contributed by atoms with van der Waals surface area (Å²) in [6.07, 6.45) is 3.78. The van der Waals surface area contributed by atoms with Gasteiger partial charge in [-0.25, -0.2) is 4.79 Å². The minimum atomic E-state index is -0.888. The molecule has 1 unspecified atom stereocenters. The van der Waals surface area contributed by atoms with Gasteiger partial charge in [0.05, 0.1) is 6.10 Å². The minimum absolute atomic E-state index is 0.313. The van der Waals surface area contributed by atoms with Crippen molar-refractivity contribution in [2.45, 2.75) is 25.9 Å². The molecule has 4 heteroatoms. The number of aliphatic carboxylic acids is 1. The van der Waals surface area contributed by atoms with Gasteiger partial charge in [0.15, 0.2) is 0 Å². The lowest BCUT2D eigenvalue weighted by atomic mass is 10.2. The van der Waals surface area contributed by atoms with Gasteiger partial charge in [0, 0.05) is 25.8 Å². The molecule has 0 aliphatic carbocycles. The predicted octanol–water partition coefficient (Wildman–Crippen LogP) is 0.786. The summed E-state index contributed by atoms with van der Waals surface area (Å²) in [5.41, 5.74) is 0.829. The Bertz CT molecular complexity index is 219. The van der Waals surface area contributed by atoms with E-state index in [1.165, 1.54) is 6.08 Å². The van der Waals surface area contributed by atoms with Crippen LogP contribution in [0.4, 0.5) is 0 Å². The first-order valence-electron chi connectivity index (χ1n) is 4.91. The van der Waals surface area contributed by atoms with E-state index in [-0.39, 0.29) is 0 Å². The van der Waals surface area contributed by atoms with E-state index in [1.54, 1.807) is 6.92 Å². The lowest BCUT2D eigenvalue weighted by molar-refractivity contribution is -0.131. The fourth-order valence-electron chi connectivity index (χ4n) is 1.50. The van der Waals surface area contributed by atoms with Gasteiger partial charge in [-0.2, -0.15) is 0 Å². The monoisotopic (exact) mass is 199 g/mol. The Hall–Kier alpha value is -0.870. The first-order chi connectivity index (χ1) is 6.68. The van der Waals surface area contributed by atoms with Gasteiger partial charge < -0.3 is 15.2 Å². The second-order valence-electron chi connectivity index (χ2n) is 3.59. The van der Waals surface area contributed by atoms with Gasteiger partial charge in [0.1, 0.15) is 0 Å². The zero-order chi connectivity index (χ0) is 10.4. The van der Waals surface area contributed by atoms with Crippen LogP contribution in [0.5, 0.6) is 0 Å². The largest absolute Gasteiger partial charge is 0.478 e. The molecule has 0 amide bonds. The average Bonchev–Trinajstić information content (AvgIpc) is 2.55. The number of rotatable bonds is 5. The van der Waals surface area contributed by atoms with Gasteiger partial charge in [-0.15, -0.1) is 0 Å². The highest BCUT2D eigenvalue weighted by Crippen LogP contribution is 2.10. The van der Waals surface area contributed by atoms with E-state index < -0.39 is 5.97 Å². The fourth-order valence-corrected chi connectivity index (χ4v) is 1.50. The number of ether oxygens (including phenoxy) is 1. The molecule has 1 aliphatic rings. The van der Waals surface area contributed by atoms with Crippen LogP contribution in [0.3, 0.4) is 0 Å². The Kier molecular flexibility index (Phi) is 4.62. The fraction of sp³-hybridized carbons (Fsp3) is 0.700. The molecule has 1 aliphatic heterocycles. The predicted molar refractivity (Wildman–Crippen MR) is 53.2 cm³/mol. The SMILES string of the molecule is CC(=CC(=O)O)CNCC1CCCO1. The highest BCUT2D eigenvalue weighted by atomic mass is 16.5. The van der Waals surface area contributed by atoms with E-state index in [9.17, 15) is 4.79 Å². The van der Waals surface area contributed by atoms with Crippen LogP contribution in [0.1, 0.15) is 19.8 Å². The first kappa shape index (κ1) is 11.2. The van der Waals surface area contributed by atoms with Crippen molar-refractivity contribution in [3.63, 3.8) is 0 Å². The van der Waals surface area contributed by atoms with Crippen LogP contribution in [0.2, 0.25) is 0 Å². The smallest absolute Gasteiger partial charge is 0.328 e. The summed E-state index contributed by atoms with van der Waals surface area (Å²) in [5, 5.41) is 11.6. The third kappa shape index (κ3) is 4.39. The molecule has 80 valence electrons. The summed E-state index contributed by atoms with van der Waals surface area (Å²) in [6.45, 7) is 4.09. The molecule has 1 fully saturated rings. The van der Waals surface area contributed by atoms with Gasteiger partial charge in [-0.05, 0) is 19.8 Å². The van der Waals surface area contributed by atoms with Crippen molar-refractivity contribution in [1.82, 2.24) is 5.32 Å². The van der Waals surface area contributed by atoms with Crippen molar-refractivity contribution in [3.8, 4) is 0 Å². The zero-order valence-electron chi connectivity index (χ0n) is 8.45. The normalized spacial score (nSPS) is 22.6. The van der Waals surface area contributed by atoms with Crippen molar-refractivity contribution < 1.29 is 14.6 Å². The van der Waals surface area contributed by atoms with Gasteiger partial charge >= 0.3 is 5.97 Å². The van der Waals surface area contributed by atoms with Crippen LogP contribution in [-0.4, -0.2) is 36.9 Å². The summed E-state index contributed by atoms with van der Waals surface area (Å²) in [4.78, 5) is 10.3. The molecular formula is C10H17NO3. The standard InChI is InChI=1S/C10H17NO3/c1-8(5-10(12)13)6-11-7-9-3-2-4-14-9/h5,9,11H,2-4,6-7H2,1H3,(H,12,13). The molecular weight excluding hydrogens is 182 g/mol. The van der Waals surface area contributed by atoms with Crippen LogP contribution in [0.15, 0.2) is 11.6 Å². The summed E-state index contributed by atoms with van der Waals surface area (Å²) in [5.74, 6) is -0.888.